The molecule has 0 aliphatic rings. The summed E-state index contributed by atoms with van der Waals surface area (Å²) < 4.78 is 5.68. The van der Waals surface area contributed by atoms with Crippen LogP contribution >= 0.6 is 0 Å². The predicted octanol–water partition coefficient (Wildman–Crippen LogP) is 2.76. The lowest BCUT2D eigenvalue weighted by Crippen LogP contribution is -2.21. The second kappa shape index (κ2) is 7.11. The van der Waals surface area contributed by atoms with E-state index in [2.05, 4.69) is 17.1 Å². The van der Waals surface area contributed by atoms with Crippen LogP contribution in [-0.2, 0) is 11.2 Å². The van der Waals surface area contributed by atoms with Crippen LogP contribution in [0.1, 0.15) is 31.9 Å². The van der Waals surface area contributed by atoms with Crippen LogP contribution in [0.25, 0.3) is 10.9 Å². The van der Waals surface area contributed by atoms with E-state index in [1.165, 1.54) is 0 Å². The molecule has 2 aromatic rings. The third kappa shape index (κ3) is 3.97. The SMILES string of the molecule is CCCCOc1ccc2c(CCC(=O)N(C)C)n[nH]c2c1. The van der Waals surface area contributed by atoms with Gasteiger partial charge in [0, 0.05) is 38.4 Å². The number of benzene rings is 1. The Morgan fingerprint density at radius 3 is 2.90 bits per heavy atom. The number of aromatic amines is 1. The number of ether oxygens (including phenoxy) is 1. The number of aromatic nitrogens is 2. The van der Waals surface area contributed by atoms with E-state index in [1.54, 1.807) is 19.0 Å². The minimum Gasteiger partial charge on any atom is -0.494 e. The fourth-order valence-electron chi connectivity index (χ4n) is 2.12. The van der Waals surface area contributed by atoms with Gasteiger partial charge in [0.25, 0.3) is 0 Å². The fraction of sp³-hybridized carbons (Fsp3) is 0.500. The molecule has 1 aromatic carbocycles. The highest BCUT2D eigenvalue weighted by Crippen LogP contribution is 2.22. The molecule has 5 nitrogen and oxygen atoms in total. The smallest absolute Gasteiger partial charge is 0.222 e. The third-order valence-corrected chi connectivity index (χ3v) is 3.45. The number of H-pyrrole nitrogens is 1. The molecule has 0 fully saturated rings. The third-order valence-electron chi connectivity index (χ3n) is 3.45. The van der Waals surface area contributed by atoms with E-state index >= 15 is 0 Å². The quantitative estimate of drug-likeness (QED) is 0.797. The molecule has 0 aliphatic heterocycles. The summed E-state index contributed by atoms with van der Waals surface area (Å²) in [5, 5.41) is 8.39. The normalized spacial score (nSPS) is 10.8. The van der Waals surface area contributed by atoms with Gasteiger partial charge in [0.05, 0.1) is 17.8 Å². The van der Waals surface area contributed by atoms with Crippen molar-refractivity contribution in [3.63, 3.8) is 0 Å². The van der Waals surface area contributed by atoms with Crippen molar-refractivity contribution in [1.82, 2.24) is 15.1 Å². The van der Waals surface area contributed by atoms with Crippen LogP contribution in [-0.4, -0.2) is 41.7 Å². The topological polar surface area (TPSA) is 58.2 Å². The summed E-state index contributed by atoms with van der Waals surface area (Å²) >= 11 is 0. The molecule has 1 N–H and O–H groups in total. The van der Waals surface area contributed by atoms with Crippen molar-refractivity contribution in [3.05, 3.63) is 23.9 Å². The number of hydrogen-bond donors (Lipinski definition) is 1. The maximum atomic E-state index is 11.6. The first-order valence-electron chi connectivity index (χ1n) is 7.41. The number of fused-ring (bicyclic) bond motifs is 1. The summed E-state index contributed by atoms with van der Waals surface area (Å²) in [6.45, 7) is 2.88. The largest absolute Gasteiger partial charge is 0.494 e. The maximum Gasteiger partial charge on any atom is 0.222 e. The van der Waals surface area contributed by atoms with Crippen LogP contribution in [0, 0.1) is 0 Å². The Morgan fingerprint density at radius 2 is 2.19 bits per heavy atom. The minimum absolute atomic E-state index is 0.116. The first kappa shape index (κ1) is 15.4. The number of rotatable bonds is 7. The van der Waals surface area contributed by atoms with Gasteiger partial charge < -0.3 is 9.64 Å². The Bertz CT molecular complexity index is 605. The first-order chi connectivity index (χ1) is 10.1. The van der Waals surface area contributed by atoms with Crippen molar-refractivity contribution >= 4 is 16.8 Å². The predicted molar refractivity (Wildman–Crippen MR) is 83.5 cm³/mol. The van der Waals surface area contributed by atoms with Gasteiger partial charge in [0.15, 0.2) is 0 Å². The number of carbonyl (C=O) groups excluding carboxylic acids is 1. The molecule has 0 aliphatic carbocycles. The number of nitrogens with zero attached hydrogens (tertiary/aromatic N) is 2. The van der Waals surface area contributed by atoms with Crippen LogP contribution in [0.15, 0.2) is 18.2 Å². The molecule has 0 spiro atoms. The first-order valence-corrected chi connectivity index (χ1v) is 7.41. The number of nitrogens with one attached hydrogen (secondary N) is 1. The van der Waals surface area contributed by atoms with Crippen molar-refractivity contribution in [2.75, 3.05) is 20.7 Å². The second-order valence-corrected chi connectivity index (χ2v) is 5.37. The average Bonchev–Trinajstić information content (AvgIpc) is 2.87. The molecule has 0 bridgehead atoms. The van der Waals surface area contributed by atoms with Gasteiger partial charge >= 0.3 is 0 Å². The maximum absolute atomic E-state index is 11.6. The molecule has 0 radical (unpaired) electrons. The molecule has 1 heterocycles. The molecule has 1 amide bonds. The Balaban J connectivity index is 2.04. The monoisotopic (exact) mass is 289 g/mol. The highest BCUT2D eigenvalue weighted by atomic mass is 16.5. The summed E-state index contributed by atoms with van der Waals surface area (Å²) in [6, 6.07) is 5.94. The highest BCUT2D eigenvalue weighted by Gasteiger charge is 2.10. The van der Waals surface area contributed by atoms with Crippen molar-refractivity contribution in [2.45, 2.75) is 32.6 Å². The number of aryl methyl sites for hydroxylation is 1. The molecule has 21 heavy (non-hydrogen) atoms. The van der Waals surface area contributed by atoms with E-state index in [1.807, 2.05) is 18.2 Å². The van der Waals surface area contributed by atoms with Crippen LogP contribution < -0.4 is 4.74 Å². The summed E-state index contributed by atoms with van der Waals surface area (Å²) in [4.78, 5) is 13.2. The van der Waals surface area contributed by atoms with E-state index in [0.29, 0.717) is 12.8 Å². The zero-order valence-corrected chi connectivity index (χ0v) is 13.0. The van der Waals surface area contributed by atoms with Crippen molar-refractivity contribution < 1.29 is 9.53 Å². The molecule has 114 valence electrons. The second-order valence-electron chi connectivity index (χ2n) is 5.37. The number of carbonyl (C=O) groups is 1. The Morgan fingerprint density at radius 1 is 1.38 bits per heavy atom. The lowest BCUT2D eigenvalue weighted by atomic mass is 10.1. The average molecular weight is 289 g/mol. The molecule has 0 saturated carbocycles. The molecule has 0 unspecified atom stereocenters. The summed E-state index contributed by atoms with van der Waals surface area (Å²) in [5.74, 6) is 0.973. The molecule has 2 rings (SSSR count). The Hall–Kier alpha value is -2.04. The van der Waals surface area contributed by atoms with Gasteiger partial charge in [-0.1, -0.05) is 13.3 Å². The van der Waals surface area contributed by atoms with Crippen LogP contribution in [0.3, 0.4) is 0 Å². The highest BCUT2D eigenvalue weighted by molar-refractivity contribution is 5.83. The van der Waals surface area contributed by atoms with Gasteiger partial charge in [0.1, 0.15) is 5.75 Å². The summed E-state index contributed by atoms with van der Waals surface area (Å²) in [6.07, 6.45) is 3.30. The minimum atomic E-state index is 0.116. The van der Waals surface area contributed by atoms with E-state index < -0.39 is 0 Å². The van der Waals surface area contributed by atoms with Crippen molar-refractivity contribution in [3.8, 4) is 5.75 Å². The lowest BCUT2D eigenvalue weighted by molar-refractivity contribution is -0.128. The summed E-state index contributed by atoms with van der Waals surface area (Å²) in [7, 11) is 3.54. The van der Waals surface area contributed by atoms with Gasteiger partial charge in [-0.2, -0.15) is 5.10 Å². The number of unbranched alkanes of at least 4 members (excludes halogenated alkanes) is 1. The lowest BCUT2D eigenvalue weighted by Gasteiger charge is -2.09. The number of hydrogen-bond acceptors (Lipinski definition) is 3. The fourth-order valence-corrected chi connectivity index (χ4v) is 2.12. The summed E-state index contributed by atoms with van der Waals surface area (Å²) in [5.41, 5.74) is 1.89. The van der Waals surface area contributed by atoms with Gasteiger partial charge in [-0.3, -0.25) is 9.89 Å². The van der Waals surface area contributed by atoms with Gasteiger partial charge in [0.2, 0.25) is 5.91 Å². The van der Waals surface area contributed by atoms with Gasteiger partial charge in [-0.15, -0.1) is 0 Å². The molecular formula is C16H23N3O2. The van der Waals surface area contributed by atoms with Gasteiger partial charge in [-0.05, 0) is 18.6 Å². The molecular weight excluding hydrogens is 266 g/mol. The standard InChI is InChI=1S/C16H23N3O2/c1-4-5-10-21-12-6-7-13-14(17-18-15(13)11-12)8-9-16(20)19(2)3/h6-7,11H,4-5,8-10H2,1-3H3,(H,17,18). The Labute approximate surface area is 125 Å². The van der Waals surface area contributed by atoms with Crippen molar-refractivity contribution in [1.29, 1.82) is 0 Å². The van der Waals surface area contributed by atoms with E-state index in [4.69, 9.17) is 4.74 Å². The van der Waals surface area contributed by atoms with Gasteiger partial charge in [-0.25, -0.2) is 0 Å². The van der Waals surface area contributed by atoms with Crippen LogP contribution in [0.4, 0.5) is 0 Å². The van der Waals surface area contributed by atoms with E-state index in [0.717, 1.165) is 41.8 Å². The van der Waals surface area contributed by atoms with E-state index in [9.17, 15) is 4.79 Å². The molecule has 5 heteroatoms. The van der Waals surface area contributed by atoms with Crippen molar-refractivity contribution in [2.24, 2.45) is 0 Å². The van der Waals surface area contributed by atoms with Crippen LogP contribution in [0.5, 0.6) is 5.75 Å². The molecule has 1 aromatic heterocycles. The van der Waals surface area contributed by atoms with Crippen LogP contribution in [0.2, 0.25) is 0 Å². The number of amides is 1. The molecule has 0 saturated heterocycles. The van der Waals surface area contributed by atoms with E-state index in [-0.39, 0.29) is 5.91 Å². The zero-order valence-electron chi connectivity index (χ0n) is 13.0. The Kier molecular flexibility index (Phi) is 5.20. The zero-order chi connectivity index (χ0) is 15.2. The molecule has 0 atom stereocenters.